The average molecular weight is 377 g/mol. The molecule has 0 aliphatic carbocycles. The Balaban J connectivity index is 1.99. The normalized spacial score (nSPS) is 12.1. The summed E-state index contributed by atoms with van der Waals surface area (Å²) in [4.78, 5) is 12.4. The Bertz CT molecular complexity index is 851. The second-order valence-corrected chi connectivity index (χ2v) is 7.48. The fourth-order valence-corrected chi connectivity index (χ4v) is 2.82. The maximum absolute atomic E-state index is 12.4. The molecule has 8 heteroatoms. The largest absolute Gasteiger partial charge is 0.492 e. The van der Waals surface area contributed by atoms with E-state index in [0.29, 0.717) is 29.4 Å². The number of anilines is 3. The number of para-hydroxylation sites is 2. The van der Waals surface area contributed by atoms with Crippen LogP contribution in [-0.2, 0) is 14.8 Å². The highest BCUT2D eigenvalue weighted by atomic mass is 32.2. The first-order valence-electron chi connectivity index (χ1n) is 8.15. The van der Waals surface area contributed by atoms with Crippen molar-refractivity contribution in [3.63, 3.8) is 0 Å². The molecular formula is C18H23N3O4S. The van der Waals surface area contributed by atoms with Gasteiger partial charge in [0, 0.05) is 11.4 Å². The Kier molecular flexibility index (Phi) is 6.46. The molecule has 1 amide bonds. The van der Waals surface area contributed by atoms with E-state index in [9.17, 15) is 13.2 Å². The zero-order chi connectivity index (χ0) is 19.2. The van der Waals surface area contributed by atoms with Crippen molar-refractivity contribution >= 4 is 33.0 Å². The van der Waals surface area contributed by atoms with Gasteiger partial charge in [-0.05, 0) is 50.2 Å². The maximum Gasteiger partial charge on any atom is 0.246 e. The number of hydrogen-bond acceptors (Lipinski definition) is 5. The quantitative estimate of drug-likeness (QED) is 0.657. The van der Waals surface area contributed by atoms with Crippen molar-refractivity contribution in [3.8, 4) is 5.75 Å². The molecule has 2 rings (SSSR count). The van der Waals surface area contributed by atoms with Crippen LogP contribution in [0.4, 0.5) is 17.1 Å². The molecule has 0 saturated heterocycles. The first kappa shape index (κ1) is 19.6. The standard InChI is InChI=1S/C18H23N3O4S/c1-4-25-17-8-6-5-7-16(17)20-18(22)13(2)19-14-9-11-15(12-10-14)21-26(3,23)24/h5-13,19,21H,4H2,1-3H3,(H,20,22). The number of ether oxygens (including phenoxy) is 1. The van der Waals surface area contributed by atoms with Crippen molar-refractivity contribution in [1.82, 2.24) is 0 Å². The van der Waals surface area contributed by atoms with Crippen LogP contribution in [-0.4, -0.2) is 33.2 Å². The van der Waals surface area contributed by atoms with Gasteiger partial charge in [0.2, 0.25) is 15.9 Å². The van der Waals surface area contributed by atoms with Crippen LogP contribution in [0, 0.1) is 0 Å². The van der Waals surface area contributed by atoms with Gasteiger partial charge in [-0.1, -0.05) is 12.1 Å². The molecule has 0 aromatic heterocycles. The lowest BCUT2D eigenvalue weighted by atomic mass is 10.2. The Morgan fingerprint density at radius 3 is 2.31 bits per heavy atom. The summed E-state index contributed by atoms with van der Waals surface area (Å²) in [6.07, 6.45) is 1.09. The van der Waals surface area contributed by atoms with Crippen LogP contribution < -0.4 is 20.1 Å². The van der Waals surface area contributed by atoms with E-state index in [4.69, 9.17) is 4.74 Å². The molecule has 7 nitrogen and oxygen atoms in total. The van der Waals surface area contributed by atoms with Crippen molar-refractivity contribution in [2.75, 3.05) is 28.2 Å². The van der Waals surface area contributed by atoms with Crippen LogP contribution in [0.3, 0.4) is 0 Å². The number of sulfonamides is 1. The van der Waals surface area contributed by atoms with Gasteiger partial charge in [0.1, 0.15) is 11.8 Å². The van der Waals surface area contributed by atoms with Crippen LogP contribution in [0.1, 0.15) is 13.8 Å². The lowest BCUT2D eigenvalue weighted by Crippen LogP contribution is -2.32. The molecule has 0 aliphatic rings. The molecule has 1 unspecified atom stereocenters. The maximum atomic E-state index is 12.4. The molecular weight excluding hydrogens is 354 g/mol. The average Bonchev–Trinajstić information content (AvgIpc) is 2.57. The molecule has 0 bridgehead atoms. The van der Waals surface area contributed by atoms with Gasteiger partial charge in [-0.3, -0.25) is 9.52 Å². The van der Waals surface area contributed by atoms with Crippen LogP contribution in [0.5, 0.6) is 5.75 Å². The minimum absolute atomic E-state index is 0.213. The number of rotatable bonds is 8. The zero-order valence-electron chi connectivity index (χ0n) is 14.9. The molecule has 1 atom stereocenters. The lowest BCUT2D eigenvalue weighted by molar-refractivity contribution is -0.116. The van der Waals surface area contributed by atoms with Gasteiger partial charge in [-0.25, -0.2) is 8.42 Å². The molecule has 2 aromatic carbocycles. The van der Waals surface area contributed by atoms with Crippen molar-refractivity contribution in [2.45, 2.75) is 19.9 Å². The van der Waals surface area contributed by atoms with Crippen LogP contribution in [0.15, 0.2) is 48.5 Å². The number of hydrogen-bond donors (Lipinski definition) is 3. The van der Waals surface area contributed by atoms with Crippen LogP contribution in [0.2, 0.25) is 0 Å². The summed E-state index contributed by atoms with van der Waals surface area (Å²) in [7, 11) is -3.32. The summed E-state index contributed by atoms with van der Waals surface area (Å²) in [5, 5.41) is 5.91. The second kappa shape index (κ2) is 8.57. The SMILES string of the molecule is CCOc1ccccc1NC(=O)C(C)Nc1ccc(NS(C)(=O)=O)cc1. The second-order valence-electron chi connectivity index (χ2n) is 5.74. The first-order chi connectivity index (χ1) is 12.3. The van der Waals surface area contributed by atoms with Gasteiger partial charge in [0.15, 0.2) is 0 Å². The third kappa shape index (κ3) is 5.96. The highest BCUT2D eigenvalue weighted by Crippen LogP contribution is 2.24. The Morgan fingerprint density at radius 1 is 1.08 bits per heavy atom. The summed E-state index contributed by atoms with van der Waals surface area (Å²) < 4.78 is 30.3. The molecule has 0 fully saturated rings. The summed E-state index contributed by atoms with van der Waals surface area (Å²) in [6, 6.07) is 13.4. The van der Waals surface area contributed by atoms with E-state index >= 15 is 0 Å². The van der Waals surface area contributed by atoms with Crippen molar-refractivity contribution in [1.29, 1.82) is 0 Å². The summed E-state index contributed by atoms with van der Waals surface area (Å²) >= 11 is 0. The number of nitrogens with one attached hydrogen (secondary N) is 3. The molecule has 3 N–H and O–H groups in total. The number of benzene rings is 2. The first-order valence-corrected chi connectivity index (χ1v) is 10.0. The van der Waals surface area contributed by atoms with Crippen molar-refractivity contribution < 1.29 is 17.9 Å². The van der Waals surface area contributed by atoms with Gasteiger partial charge >= 0.3 is 0 Å². The van der Waals surface area contributed by atoms with Gasteiger partial charge < -0.3 is 15.4 Å². The fraction of sp³-hybridized carbons (Fsp3) is 0.278. The zero-order valence-corrected chi connectivity index (χ0v) is 15.8. The van der Waals surface area contributed by atoms with E-state index in [1.807, 2.05) is 19.1 Å². The van der Waals surface area contributed by atoms with E-state index in [-0.39, 0.29) is 5.91 Å². The summed E-state index contributed by atoms with van der Waals surface area (Å²) in [5.41, 5.74) is 1.77. The van der Waals surface area contributed by atoms with Crippen molar-refractivity contribution in [2.24, 2.45) is 0 Å². The highest BCUT2D eigenvalue weighted by Gasteiger charge is 2.15. The monoisotopic (exact) mass is 377 g/mol. The molecule has 0 aliphatic heterocycles. The third-order valence-corrected chi connectivity index (χ3v) is 4.02. The van der Waals surface area contributed by atoms with E-state index in [0.717, 1.165) is 6.26 Å². The Labute approximate surface area is 153 Å². The van der Waals surface area contributed by atoms with E-state index < -0.39 is 16.1 Å². The van der Waals surface area contributed by atoms with E-state index in [1.54, 1.807) is 43.3 Å². The molecule has 0 radical (unpaired) electrons. The van der Waals surface area contributed by atoms with Crippen LogP contribution in [0.25, 0.3) is 0 Å². The molecule has 140 valence electrons. The number of carbonyl (C=O) groups is 1. The van der Waals surface area contributed by atoms with Gasteiger partial charge in [0.25, 0.3) is 0 Å². The Morgan fingerprint density at radius 2 is 1.69 bits per heavy atom. The summed E-state index contributed by atoms with van der Waals surface area (Å²) in [6.45, 7) is 4.13. The van der Waals surface area contributed by atoms with Gasteiger partial charge in [0.05, 0.1) is 18.6 Å². The topological polar surface area (TPSA) is 96.5 Å². The molecule has 0 heterocycles. The minimum atomic E-state index is -3.32. The molecule has 0 saturated carbocycles. The highest BCUT2D eigenvalue weighted by molar-refractivity contribution is 7.92. The lowest BCUT2D eigenvalue weighted by Gasteiger charge is -2.17. The molecule has 2 aromatic rings. The Hall–Kier alpha value is -2.74. The van der Waals surface area contributed by atoms with Gasteiger partial charge in [-0.15, -0.1) is 0 Å². The number of amides is 1. The predicted octanol–water partition coefficient (Wildman–Crippen LogP) is 2.90. The van der Waals surface area contributed by atoms with Gasteiger partial charge in [-0.2, -0.15) is 0 Å². The molecule has 0 spiro atoms. The smallest absolute Gasteiger partial charge is 0.246 e. The van der Waals surface area contributed by atoms with Crippen molar-refractivity contribution in [3.05, 3.63) is 48.5 Å². The fourth-order valence-electron chi connectivity index (χ4n) is 2.26. The minimum Gasteiger partial charge on any atom is -0.492 e. The third-order valence-electron chi connectivity index (χ3n) is 3.41. The van der Waals surface area contributed by atoms with Crippen LogP contribution >= 0.6 is 0 Å². The molecule has 26 heavy (non-hydrogen) atoms. The summed E-state index contributed by atoms with van der Waals surface area (Å²) in [5.74, 6) is 0.405. The van der Waals surface area contributed by atoms with E-state index in [2.05, 4.69) is 15.4 Å². The number of carbonyl (C=O) groups excluding carboxylic acids is 1. The predicted molar refractivity (Wildman–Crippen MR) is 104 cm³/mol. The van der Waals surface area contributed by atoms with E-state index in [1.165, 1.54) is 0 Å².